The first-order valence-corrected chi connectivity index (χ1v) is 7.50. The van der Waals surface area contributed by atoms with Gasteiger partial charge in [-0.1, -0.05) is 34.5 Å². The molecule has 1 aromatic carbocycles. The summed E-state index contributed by atoms with van der Waals surface area (Å²) in [6, 6.07) is 4.95. The van der Waals surface area contributed by atoms with Crippen LogP contribution in [-0.2, 0) is 0 Å². The summed E-state index contributed by atoms with van der Waals surface area (Å²) in [5, 5.41) is 14.1. The van der Waals surface area contributed by atoms with E-state index < -0.39 is 0 Å². The number of hydrogen-bond acceptors (Lipinski definition) is 3. The topological polar surface area (TPSA) is 55.2 Å². The molecule has 4 nitrogen and oxygen atoms in total. The number of anilines is 1. The molecular weight excluding hydrogens is 320 g/mol. The zero-order valence-electron chi connectivity index (χ0n) is 12.1. The van der Waals surface area contributed by atoms with Crippen molar-refractivity contribution < 1.29 is 4.92 Å². The van der Waals surface area contributed by atoms with Crippen molar-refractivity contribution in [1.29, 1.82) is 0 Å². The van der Waals surface area contributed by atoms with Crippen LogP contribution in [0.15, 0.2) is 34.3 Å². The van der Waals surface area contributed by atoms with Crippen molar-refractivity contribution in [2.75, 3.05) is 11.9 Å². The van der Waals surface area contributed by atoms with Gasteiger partial charge in [-0.05, 0) is 44.7 Å². The number of rotatable bonds is 7. The Morgan fingerprint density at radius 3 is 2.80 bits per heavy atom. The van der Waals surface area contributed by atoms with Crippen LogP contribution in [0.5, 0.6) is 0 Å². The molecule has 1 N–H and O–H groups in total. The SMILES string of the molecule is CC(C)=CCC[C@@H](C)CNc1cc(Br)ccc1[N+](=O)[O-]. The first-order chi connectivity index (χ1) is 9.40. The van der Waals surface area contributed by atoms with Crippen LogP contribution >= 0.6 is 15.9 Å². The zero-order valence-corrected chi connectivity index (χ0v) is 13.7. The molecule has 0 unspecified atom stereocenters. The summed E-state index contributed by atoms with van der Waals surface area (Å²) in [6.45, 7) is 7.06. The van der Waals surface area contributed by atoms with E-state index >= 15 is 0 Å². The highest BCUT2D eigenvalue weighted by atomic mass is 79.9. The summed E-state index contributed by atoms with van der Waals surface area (Å²) in [6.07, 6.45) is 4.34. The highest BCUT2D eigenvalue weighted by molar-refractivity contribution is 9.10. The predicted octanol–water partition coefficient (Wildman–Crippen LogP) is 5.15. The second kappa shape index (κ2) is 8.04. The second-order valence-electron chi connectivity index (χ2n) is 5.26. The lowest BCUT2D eigenvalue weighted by molar-refractivity contribution is -0.384. The number of benzene rings is 1. The largest absolute Gasteiger partial charge is 0.379 e. The third-order valence-electron chi connectivity index (χ3n) is 3.01. The van der Waals surface area contributed by atoms with Gasteiger partial charge in [-0.2, -0.15) is 0 Å². The lowest BCUT2D eigenvalue weighted by Crippen LogP contribution is -2.12. The highest BCUT2D eigenvalue weighted by Gasteiger charge is 2.14. The molecule has 0 saturated heterocycles. The van der Waals surface area contributed by atoms with Crippen LogP contribution in [0.25, 0.3) is 0 Å². The van der Waals surface area contributed by atoms with Gasteiger partial charge in [-0.3, -0.25) is 10.1 Å². The molecule has 0 aromatic heterocycles. The molecule has 0 fully saturated rings. The quantitative estimate of drug-likeness (QED) is 0.424. The number of nitrogens with one attached hydrogen (secondary N) is 1. The molecule has 0 bridgehead atoms. The van der Waals surface area contributed by atoms with Crippen molar-refractivity contribution in [2.45, 2.75) is 33.6 Å². The van der Waals surface area contributed by atoms with Crippen molar-refractivity contribution in [3.05, 3.63) is 44.4 Å². The summed E-state index contributed by atoms with van der Waals surface area (Å²) in [4.78, 5) is 10.6. The summed E-state index contributed by atoms with van der Waals surface area (Å²) in [5.41, 5.74) is 2.01. The Labute approximate surface area is 128 Å². The van der Waals surface area contributed by atoms with Crippen molar-refractivity contribution in [3.8, 4) is 0 Å². The van der Waals surface area contributed by atoms with Gasteiger partial charge in [0.25, 0.3) is 5.69 Å². The molecule has 0 amide bonds. The molecule has 1 rings (SSSR count). The minimum Gasteiger partial charge on any atom is -0.379 e. The normalized spacial score (nSPS) is 11.8. The molecule has 1 aromatic rings. The van der Waals surface area contributed by atoms with E-state index in [4.69, 9.17) is 0 Å². The molecule has 0 radical (unpaired) electrons. The molecule has 0 aliphatic heterocycles. The predicted molar refractivity (Wildman–Crippen MR) is 87.1 cm³/mol. The fourth-order valence-electron chi connectivity index (χ4n) is 1.85. The fraction of sp³-hybridized carbons (Fsp3) is 0.467. The van der Waals surface area contributed by atoms with Crippen LogP contribution in [0.4, 0.5) is 11.4 Å². The Bertz CT molecular complexity index is 497. The molecule has 0 aliphatic carbocycles. The van der Waals surface area contributed by atoms with E-state index in [2.05, 4.69) is 48.1 Å². The van der Waals surface area contributed by atoms with Crippen LogP contribution in [0.2, 0.25) is 0 Å². The minimum atomic E-state index is -0.359. The van der Waals surface area contributed by atoms with Crippen molar-refractivity contribution >= 4 is 27.3 Å². The number of allylic oxidation sites excluding steroid dienone is 2. The first kappa shape index (κ1) is 16.7. The Balaban J connectivity index is 2.58. The number of hydrogen-bond donors (Lipinski definition) is 1. The minimum absolute atomic E-state index is 0.115. The smallest absolute Gasteiger partial charge is 0.292 e. The molecular formula is C15H21BrN2O2. The Morgan fingerprint density at radius 2 is 2.20 bits per heavy atom. The van der Waals surface area contributed by atoms with Gasteiger partial charge >= 0.3 is 0 Å². The molecule has 1 atom stereocenters. The summed E-state index contributed by atoms with van der Waals surface area (Å²) in [5.74, 6) is 0.462. The van der Waals surface area contributed by atoms with Crippen LogP contribution in [0, 0.1) is 16.0 Å². The zero-order chi connectivity index (χ0) is 15.1. The Kier molecular flexibility index (Phi) is 6.71. The van der Waals surface area contributed by atoms with E-state index in [0.717, 1.165) is 23.9 Å². The van der Waals surface area contributed by atoms with Gasteiger partial charge in [-0.15, -0.1) is 0 Å². The average molecular weight is 341 g/mol. The van der Waals surface area contributed by atoms with Gasteiger partial charge in [0.1, 0.15) is 5.69 Å². The third-order valence-corrected chi connectivity index (χ3v) is 3.50. The molecule has 110 valence electrons. The van der Waals surface area contributed by atoms with Crippen LogP contribution in [0.1, 0.15) is 33.6 Å². The van der Waals surface area contributed by atoms with E-state index in [1.165, 1.54) is 11.6 Å². The Hall–Kier alpha value is -1.36. The summed E-state index contributed by atoms with van der Waals surface area (Å²) in [7, 11) is 0. The van der Waals surface area contributed by atoms with E-state index in [1.807, 2.05) is 0 Å². The standard InChI is InChI=1S/C15H21BrN2O2/c1-11(2)5-4-6-12(3)10-17-14-9-13(16)7-8-15(14)18(19)20/h5,7-9,12,17H,4,6,10H2,1-3H3/t12-/m1/s1. The molecule has 5 heteroatoms. The third kappa shape index (κ3) is 5.74. The lowest BCUT2D eigenvalue weighted by atomic mass is 10.0. The van der Waals surface area contributed by atoms with Crippen molar-refractivity contribution in [1.82, 2.24) is 0 Å². The maximum Gasteiger partial charge on any atom is 0.292 e. The fourth-order valence-corrected chi connectivity index (χ4v) is 2.21. The van der Waals surface area contributed by atoms with Crippen molar-refractivity contribution in [3.63, 3.8) is 0 Å². The van der Waals surface area contributed by atoms with E-state index in [1.54, 1.807) is 12.1 Å². The van der Waals surface area contributed by atoms with Crippen LogP contribution in [-0.4, -0.2) is 11.5 Å². The molecule has 0 saturated carbocycles. The van der Waals surface area contributed by atoms with Crippen molar-refractivity contribution in [2.24, 2.45) is 5.92 Å². The summed E-state index contributed by atoms with van der Waals surface area (Å²) >= 11 is 3.34. The number of halogens is 1. The maximum absolute atomic E-state index is 11.0. The lowest BCUT2D eigenvalue weighted by Gasteiger charge is -2.13. The van der Waals surface area contributed by atoms with E-state index in [-0.39, 0.29) is 10.6 Å². The van der Waals surface area contributed by atoms with Crippen LogP contribution < -0.4 is 5.32 Å². The molecule has 0 spiro atoms. The number of nitrogens with zero attached hydrogens (tertiary/aromatic N) is 1. The number of nitro groups is 1. The maximum atomic E-state index is 11.0. The van der Waals surface area contributed by atoms with Gasteiger partial charge < -0.3 is 5.32 Å². The second-order valence-corrected chi connectivity index (χ2v) is 6.18. The Morgan fingerprint density at radius 1 is 1.50 bits per heavy atom. The molecule has 0 aliphatic rings. The van der Waals surface area contributed by atoms with Gasteiger partial charge in [0.05, 0.1) is 4.92 Å². The molecule has 0 heterocycles. The molecule has 20 heavy (non-hydrogen) atoms. The van der Waals surface area contributed by atoms with Gasteiger partial charge in [0.2, 0.25) is 0 Å². The van der Waals surface area contributed by atoms with Gasteiger partial charge in [-0.25, -0.2) is 0 Å². The monoisotopic (exact) mass is 340 g/mol. The average Bonchev–Trinajstić information content (AvgIpc) is 2.35. The first-order valence-electron chi connectivity index (χ1n) is 6.71. The van der Waals surface area contributed by atoms with Gasteiger partial charge in [0, 0.05) is 17.1 Å². The van der Waals surface area contributed by atoms with Gasteiger partial charge in [0.15, 0.2) is 0 Å². The van der Waals surface area contributed by atoms with E-state index in [0.29, 0.717) is 11.6 Å². The summed E-state index contributed by atoms with van der Waals surface area (Å²) < 4.78 is 0.836. The highest BCUT2D eigenvalue weighted by Crippen LogP contribution is 2.28. The van der Waals surface area contributed by atoms with Crippen LogP contribution in [0.3, 0.4) is 0 Å². The number of nitro benzene ring substituents is 1. The van der Waals surface area contributed by atoms with E-state index in [9.17, 15) is 10.1 Å².